The fraction of sp³-hybridized carbons (Fsp3) is 0.353. The summed E-state index contributed by atoms with van der Waals surface area (Å²) in [7, 11) is 0. The molecule has 0 radical (unpaired) electrons. The van der Waals surface area contributed by atoms with Crippen LogP contribution < -0.4 is 10.2 Å². The number of pyridine rings is 1. The molecule has 0 aliphatic rings. The third kappa shape index (κ3) is 4.02. The summed E-state index contributed by atoms with van der Waals surface area (Å²) in [6, 6.07) is 9.07. The van der Waals surface area contributed by atoms with Gasteiger partial charge in [0.1, 0.15) is 5.82 Å². The Bertz CT molecular complexity index is 584. The van der Waals surface area contributed by atoms with Crippen LogP contribution in [0.1, 0.15) is 26.3 Å². The summed E-state index contributed by atoms with van der Waals surface area (Å²) in [5.41, 5.74) is 3.03. The first-order valence-electron chi connectivity index (χ1n) is 7.31. The number of nitrogens with one attached hydrogen (secondary N) is 1. The summed E-state index contributed by atoms with van der Waals surface area (Å²) in [6.07, 6.45) is 3.64. The number of nitrogens with zero attached hydrogens (tertiary/aromatic N) is 2. The van der Waals surface area contributed by atoms with Crippen molar-refractivity contribution in [2.24, 2.45) is 0 Å². The molecule has 1 aromatic heterocycles. The lowest BCUT2D eigenvalue weighted by atomic mass is 10.1. The van der Waals surface area contributed by atoms with Gasteiger partial charge in [0.15, 0.2) is 0 Å². The Kier molecular flexibility index (Phi) is 5.28. The molecule has 0 aliphatic heterocycles. The highest BCUT2D eigenvalue weighted by molar-refractivity contribution is 5.65. The van der Waals surface area contributed by atoms with Crippen LogP contribution in [0.2, 0.25) is 0 Å². The van der Waals surface area contributed by atoms with Crippen LogP contribution in [0.5, 0.6) is 0 Å². The molecule has 0 amide bonds. The van der Waals surface area contributed by atoms with E-state index in [9.17, 15) is 4.39 Å². The maximum Gasteiger partial charge on any atom is 0.125 e. The van der Waals surface area contributed by atoms with Gasteiger partial charge in [0, 0.05) is 48.5 Å². The predicted octanol–water partition coefficient (Wildman–Crippen LogP) is 3.88. The van der Waals surface area contributed by atoms with E-state index in [4.69, 9.17) is 0 Å². The number of rotatable bonds is 6. The quantitative estimate of drug-likeness (QED) is 0.874. The van der Waals surface area contributed by atoms with Crippen molar-refractivity contribution in [1.82, 2.24) is 10.3 Å². The van der Waals surface area contributed by atoms with E-state index in [1.54, 1.807) is 18.3 Å². The Morgan fingerprint density at radius 3 is 2.76 bits per heavy atom. The van der Waals surface area contributed by atoms with Crippen molar-refractivity contribution < 1.29 is 4.39 Å². The van der Waals surface area contributed by atoms with Crippen LogP contribution in [0, 0.1) is 5.82 Å². The molecule has 4 heteroatoms. The summed E-state index contributed by atoms with van der Waals surface area (Å²) in [6.45, 7) is 7.79. The van der Waals surface area contributed by atoms with Gasteiger partial charge in [-0.2, -0.15) is 0 Å². The summed E-state index contributed by atoms with van der Waals surface area (Å²) in [5.74, 6) is -0.220. The minimum Gasteiger partial charge on any atom is -0.341 e. The van der Waals surface area contributed by atoms with Gasteiger partial charge in [0.2, 0.25) is 0 Å². The summed E-state index contributed by atoms with van der Waals surface area (Å²) >= 11 is 0. The monoisotopic (exact) mass is 287 g/mol. The second-order valence-electron chi connectivity index (χ2n) is 5.26. The van der Waals surface area contributed by atoms with Gasteiger partial charge in [0.25, 0.3) is 0 Å². The van der Waals surface area contributed by atoms with Crippen molar-refractivity contribution in [2.75, 3.05) is 11.4 Å². The van der Waals surface area contributed by atoms with E-state index in [-0.39, 0.29) is 5.82 Å². The van der Waals surface area contributed by atoms with Crippen molar-refractivity contribution >= 4 is 11.4 Å². The fourth-order valence-corrected chi connectivity index (χ4v) is 2.27. The second-order valence-corrected chi connectivity index (χ2v) is 5.26. The van der Waals surface area contributed by atoms with Crippen molar-refractivity contribution in [3.63, 3.8) is 0 Å². The molecule has 1 N–H and O–H groups in total. The van der Waals surface area contributed by atoms with Crippen molar-refractivity contribution in [3.8, 4) is 0 Å². The topological polar surface area (TPSA) is 28.2 Å². The lowest BCUT2D eigenvalue weighted by Crippen LogP contribution is -2.24. The highest BCUT2D eigenvalue weighted by atomic mass is 19.1. The van der Waals surface area contributed by atoms with E-state index in [0.29, 0.717) is 6.04 Å². The van der Waals surface area contributed by atoms with Gasteiger partial charge in [-0.15, -0.1) is 0 Å². The second kappa shape index (κ2) is 7.18. The maximum absolute atomic E-state index is 13.5. The molecule has 0 aliphatic carbocycles. The SMILES string of the molecule is CCN(c1cccc(F)c1)c1ccncc1CNC(C)C. The molecule has 0 atom stereocenters. The van der Waals surface area contributed by atoms with Crippen molar-refractivity contribution in [1.29, 1.82) is 0 Å². The molecular formula is C17H22FN3. The molecule has 2 rings (SSSR count). The Hall–Kier alpha value is -1.94. The Labute approximate surface area is 125 Å². The molecule has 112 valence electrons. The summed E-state index contributed by atoms with van der Waals surface area (Å²) in [5, 5.41) is 3.40. The van der Waals surface area contributed by atoms with Gasteiger partial charge in [-0.1, -0.05) is 19.9 Å². The molecule has 21 heavy (non-hydrogen) atoms. The average Bonchev–Trinajstić information content (AvgIpc) is 2.47. The highest BCUT2D eigenvalue weighted by Gasteiger charge is 2.12. The lowest BCUT2D eigenvalue weighted by molar-refractivity contribution is 0.588. The lowest BCUT2D eigenvalue weighted by Gasteiger charge is -2.26. The maximum atomic E-state index is 13.5. The molecular weight excluding hydrogens is 265 g/mol. The van der Waals surface area contributed by atoms with E-state index in [1.165, 1.54) is 6.07 Å². The zero-order valence-electron chi connectivity index (χ0n) is 12.8. The number of hydrogen-bond acceptors (Lipinski definition) is 3. The molecule has 0 unspecified atom stereocenters. The van der Waals surface area contributed by atoms with E-state index in [1.807, 2.05) is 18.3 Å². The van der Waals surface area contributed by atoms with E-state index >= 15 is 0 Å². The van der Waals surface area contributed by atoms with Gasteiger partial charge in [-0.25, -0.2) is 4.39 Å². The Balaban J connectivity index is 2.33. The molecule has 0 fully saturated rings. The smallest absolute Gasteiger partial charge is 0.125 e. The van der Waals surface area contributed by atoms with Crippen LogP contribution in [-0.4, -0.2) is 17.6 Å². The van der Waals surface area contributed by atoms with Crippen LogP contribution in [0.25, 0.3) is 0 Å². The molecule has 0 saturated heterocycles. The van der Waals surface area contributed by atoms with Crippen LogP contribution >= 0.6 is 0 Å². The zero-order valence-corrected chi connectivity index (χ0v) is 12.8. The third-order valence-electron chi connectivity index (χ3n) is 3.31. The van der Waals surface area contributed by atoms with Crippen LogP contribution in [0.4, 0.5) is 15.8 Å². The van der Waals surface area contributed by atoms with Gasteiger partial charge < -0.3 is 10.2 Å². The average molecular weight is 287 g/mol. The number of halogens is 1. The molecule has 0 spiro atoms. The van der Waals surface area contributed by atoms with Crippen LogP contribution in [-0.2, 0) is 6.54 Å². The molecule has 1 heterocycles. The van der Waals surface area contributed by atoms with Gasteiger partial charge >= 0.3 is 0 Å². The Morgan fingerprint density at radius 1 is 1.29 bits per heavy atom. The minimum absolute atomic E-state index is 0.220. The minimum atomic E-state index is -0.220. The molecule has 3 nitrogen and oxygen atoms in total. The third-order valence-corrected chi connectivity index (χ3v) is 3.31. The zero-order chi connectivity index (χ0) is 15.2. The predicted molar refractivity (Wildman–Crippen MR) is 85.3 cm³/mol. The number of aromatic nitrogens is 1. The van der Waals surface area contributed by atoms with E-state index in [2.05, 4.69) is 36.0 Å². The first kappa shape index (κ1) is 15.4. The number of benzene rings is 1. The van der Waals surface area contributed by atoms with Crippen molar-refractivity contribution in [3.05, 3.63) is 54.1 Å². The van der Waals surface area contributed by atoms with Crippen LogP contribution in [0.15, 0.2) is 42.7 Å². The van der Waals surface area contributed by atoms with Crippen molar-refractivity contribution in [2.45, 2.75) is 33.4 Å². The molecule has 1 aromatic carbocycles. The first-order chi connectivity index (χ1) is 10.1. The molecule has 0 saturated carbocycles. The normalized spacial score (nSPS) is 10.9. The summed E-state index contributed by atoms with van der Waals surface area (Å²) < 4.78 is 13.5. The molecule has 2 aromatic rings. The number of anilines is 2. The first-order valence-corrected chi connectivity index (χ1v) is 7.31. The number of hydrogen-bond donors (Lipinski definition) is 1. The summed E-state index contributed by atoms with van der Waals surface area (Å²) in [4.78, 5) is 6.31. The van der Waals surface area contributed by atoms with E-state index in [0.717, 1.165) is 30.0 Å². The fourth-order valence-electron chi connectivity index (χ4n) is 2.27. The van der Waals surface area contributed by atoms with Crippen LogP contribution in [0.3, 0.4) is 0 Å². The van der Waals surface area contributed by atoms with Gasteiger partial charge in [0.05, 0.1) is 0 Å². The largest absolute Gasteiger partial charge is 0.341 e. The van der Waals surface area contributed by atoms with E-state index < -0.39 is 0 Å². The van der Waals surface area contributed by atoms with Gasteiger partial charge in [-0.3, -0.25) is 4.98 Å². The standard InChI is InChI=1S/C17H22FN3/c1-4-21(16-7-5-6-15(18)10-16)17-8-9-19-11-14(17)12-20-13(2)3/h5-11,13,20H,4,12H2,1-3H3. The molecule has 0 bridgehead atoms. The Morgan fingerprint density at radius 2 is 2.10 bits per heavy atom. The highest BCUT2D eigenvalue weighted by Crippen LogP contribution is 2.28. The van der Waals surface area contributed by atoms with Gasteiger partial charge in [-0.05, 0) is 31.2 Å².